The first-order valence-electron chi connectivity index (χ1n) is 14.5. The number of nitrogens with zero attached hydrogens (tertiary/aromatic N) is 1. The van der Waals surface area contributed by atoms with Gasteiger partial charge in [0.25, 0.3) is 5.69 Å². The van der Waals surface area contributed by atoms with Gasteiger partial charge in [-0.3, -0.25) is 19.7 Å². The first-order chi connectivity index (χ1) is 19.3. The summed E-state index contributed by atoms with van der Waals surface area (Å²) in [6.45, 7) is 2.24. The van der Waals surface area contributed by atoms with Crippen LogP contribution in [0.15, 0.2) is 48.5 Å². The third-order valence-corrected chi connectivity index (χ3v) is 8.12. The predicted octanol–water partition coefficient (Wildman–Crippen LogP) is 8.77. The molecule has 0 spiro atoms. The molecule has 220 valence electrons. The van der Waals surface area contributed by atoms with Crippen LogP contribution < -0.4 is 10.6 Å². The van der Waals surface area contributed by atoms with Crippen molar-refractivity contribution in [3.63, 3.8) is 0 Å². The summed E-state index contributed by atoms with van der Waals surface area (Å²) in [7, 11) is 0. The molecule has 1 unspecified atom stereocenters. The largest absolute Gasteiger partial charge is 0.343 e. The summed E-state index contributed by atoms with van der Waals surface area (Å²) >= 11 is 9.67. The number of nitro groups is 1. The Morgan fingerprint density at radius 3 is 2.00 bits per heavy atom. The molecule has 2 N–H and O–H groups in total. The number of hydrogen-bond acceptors (Lipinski definition) is 4. The fourth-order valence-corrected chi connectivity index (χ4v) is 5.23. The van der Waals surface area contributed by atoms with E-state index in [1.807, 2.05) is 30.3 Å². The van der Waals surface area contributed by atoms with Crippen LogP contribution in [0.3, 0.4) is 0 Å². The Kier molecular flexibility index (Phi) is 16.5. The van der Waals surface area contributed by atoms with Crippen LogP contribution in [0, 0.1) is 10.1 Å². The number of rotatable bonds is 20. The number of carbonyl (C=O) groups excluding carboxylic acids is 2. The number of amides is 2. The van der Waals surface area contributed by atoms with E-state index in [0.717, 1.165) is 18.4 Å². The van der Waals surface area contributed by atoms with Gasteiger partial charge in [-0.1, -0.05) is 142 Å². The molecule has 0 fully saturated rings. The van der Waals surface area contributed by atoms with E-state index in [0.29, 0.717) is 12.8 Å². The number of nitro benzene ring substituents is 1. The summed E-state index contributed by atoms with van der Waals surface area (Å²) in [6.07, 6.45) is 16.1. The van der Waals surface area contributed by atoms with Crippen LogP contribution in [-0.4, -0.2) is 27.6 Å². The molecule has 0 bridgehead atoms. The van der Waals surface area contributed by atoms with E-state index in [-0.39, 0.29) is 22.3 Å². The fraction of sp³-hybridized carbons (Fsp3) is 0.548. The van der Waals surface area contributed by atoms with Crippen molar-refractivity contribution in [2.24, 2.45) is 0 Å². The average molecular weight is 637 g/mol. The first kappa shape index (κ1) is 33.8. The molecule has 2 atom stereocenters. The molecule has 2 aromatic rings. The molecule has 0 aliphatic rings. The third kappa shape index (κ3) is 13.3. The van der Waals surface area contributed by atoms with Crippen LogP contribution in [0.5, 0.6) is 0 Å². The Morgan fingerprint density at radius 2 is 1.45 bits per heavy atom. The van der Waals surface area contributed by atoms with Crippen molar-refractivity contribution < 1.29 is 14.5 Å². The zero-order chi connectivity index (χ0) is 29.2. The van der Waals surface area contributed by atoms with Gasteiger partial charge < -0.3 is 10.6 Å². The second-order valence-electron chi connectivity index (χ2n) is 10.3. The maximum absolute atomic E-state index is 13.2. The lowest BCUT2D eigenvalue weighted by molar-refractivity contribution is -0.384. The smallest absolute Gasteiger partial charge is 0.271 e. The molecule has 0 radical (unpaired) electrons. The molecule has 0 aliphatic carbocycles. The van der Waals surface area contributed by atoms with Crippen molar-refractivity contribution in [1.29, 1.82) is 0 Å². The number of benzene rings is 2. The third-order valence-electron chi connectivity index (χ3n) is 6.93. The number of alkyl halides is 1. The molecule has 2 aromatic carbocycles. The van der Waals surface area contributed by atoms with E-state index in [9.17, 15) is 19.7 Å². The van der Waals surface area contributed by atoms with Crippen molar-refractivity contribution in [3.05, 3.63) is 69.2 Å². The summed E-state index contributed by atoms with van der Waals surface area (Å²) in [4.78, 5) is 36.2. The zero-order valence-corrected chi connectivity index (χ0v) is 25.9. The van der Waals surface area contributed by atoms with E-state index in [1.165, 1.54) is 82.4 Å². The van der Waals surface area contributed by atoms with Crippen LogP contribution in [0.25, 0.3) is 0 Å². The summed E-state index contributed by atoms with van der Waals surface area (Å²) < 4.78 is 0. The second kappa shape index (κ2) is 19.6. The quantitative estimate of drug-likeness (QED) is 0.0656. The van der Waals surface area contributed by atoms with Crippen molar-refractivity contribution >= 4 is 50.7 Å². The summed E-state index contributed by atoms with van der Waals surface area (Å²) in [5, 5.41) is 16.6. The molecule has 0 heterocycles. The molecular formula is C31H43BrClN3O4. The molecule has 2 amide bonds. The average Bonchev–Trinajstić information content (AvgIpc) is 2.94. The predicted molar refractivity (Wildman–Crippen MR) is 167 cm³/mol. The van der Waals surface area contributed by atoms with Crippen LogP contribution in [0.4, 0.5) is 11.4 Å². The highest BCUT2D eigenvalue weighted by Gasteiger charge is 2.25. The molecule has 7 nitrogen and oxygen atoms in total. The lowest BCUT2D eigenvalue weighted by Crippen LogP contribution is -2.47. The molecule has 2 rings (SSSR count). The van der Waals surface area contributed by atoms with Gasteiger partial charge in [-0.25, -0.2) is 0 Å². The van der Waals surface area contributed by atoms with Crippen molar-refractivity contribution in [3.8, 4) is 0 Å². The molecule has 0 aliphatic heterocycles. The normalized spacial score (nSPS) is 12.5. The van der Waals surface area contributed by atoms with E-state index in [4.69, 9.17) is 11.6 Å². The Bertz CT molecular complexity index is 1050. The Morgan fingerprint density at radius 1 is 0.875 bits per heavy atom. The summed E-state index contributed by atoms with van der Waals surface area (Å²) in [5.41, 5.74) is 0.971. The molecule has 40 heavy (non-hydrogen) atoms. The van der Waals surface area contributed by atoms with Gasteiger partial charge in [-0.2, -0.15) is 0 Å². The number of nitrogens with one attached hydrogen (secondary N) is 2. The van der Waals surface area contributed by atoms with Gasteiger partial charge in [0, 0.05) is 18.6 Å². The van der Waals surface area contributed by atoms with Crippen LogP contribution in [-0.2, 0) is 16.0 Å². The fourth-order valence-electron chi connectivity index (χ4n) is 4.56. The highest BCUT2D eigenvalue weighted by molar-refractivity contribution is 9.10. The summed E-state index contributed by atoms with van der Waals surface area (Å²) in [6, 6.07) is 12.4. The lowest BCUT2D eigenvalue weighted by Gasteiger charge is -2.21. The number of carbonyl (C=O) groups is 2. The first-order valence-corrected chi connectivity index (χ1v) is 15.8. The van der Waals surface area contributed by atoms with Gasteiger partial charge in [0.2, 0.25) is 11.8 Å². The van der Waals surface area contributed by atoms with E-state index >= 15 is 0 Å². The van der Waals surface area contributed by atoms with Crippen LogP contribution in [0.1, 0.15) is 96.0 Å². The topological polar surface area (TPSA) is 101 Å². The molecule has 0 aromatic heterocycles. The highest BCUT2D eigenvalue weighted by atomic mass is 79.9. The minimum atomic E-state index is -0.844. The van der Waals surface area contributed by atoms with Crippen LogP contribution >= 0.6 is 27.5 Å². The molecular weight excluding hydrogens is 594 g/mol. The van der Waals surface area contributed by atoms with Crippen LogP contribution in [0.2, 0.25) is 5.02 Å². The number of anilines is 1. The Balaban J connectivity index is 1.81. The molecule has 0 saturated heterocycles. The highest BCUT2D eigenvalue weighted by Crippen LogP contribution is 2.27. The van der Waals surface area contributed by atoms with Gasteiger partial charge in [0.05, 0.1) is 20.5 Å². The van der Waals surface area contributed by atoms with E-state index in [2.05, 4.69) is 33.5 Å². The van der Waals surface area contributed by atoms with Crippen molar-refractivity contribution in [2.75, 3.05) is 5.32 Å². The van der Waals surface area contributed by atoms with Gasteiger partial charge in [0.1, 0.15) is 6.04 Å². The van der Waals surface area contributed by atoms with Gasteiger partial charge in [0.15, 0.2) is 0 Å². The summed E-state index contributed by atoms with van der Waals surface area (Å²) in [5.74, 6) is -0.688. The van der Waals surface area contributed by atoms with Crippen molar-refractivity contribution in [1.82, 2.24) is 5.32 Å². The standard InChI is InChI=1S/C31H43BrClN3O4/c1-2-3-4-5-6-7-8-9-10-11-12-16-19-26(32)30(37)35-29(22-24-17-14-13-15-18-24)31(38)34-28-21-20-25(36(39)40)23-27(28)33/h13-15,17-18,20-21,23,26,29H,2-12,16,19,22H2,1H3,(H,34,38)(H,35,37)/t26?,29-/m0/s1. The van der Waals surface area contributed by atoms with E-state index in [1.54, 1.807) is 0 Å². The monoisotopic (exact) mass is 635 g/mol. The van der Waals surface area contributed by atoms with Gasteiger partial charge in [-0.05, 0) is 18.1 Å². The Hall–Kier alpha value is -2.45. The van der Waals surface area contributed by atoms with Crippen molar-refractivity contribution in [2.45, 2.75) is 108 Å². The van der Waals surface area contributed by atoms with Gasteiger partial charge >= 0.3 is 0 Å². The number of unbranched alkanes of at least 4 members (excludes halogenated alkanes) is 11. The number of hydrogen-bond donors (Lipinski definition) is 2. The molecule has 9 heteroatoms. The number of non-ortho nitro benzene ring substituents is 1. The number of halogens is 2. The maximum Gasteiger partial charge on any atom is 0.271 e. The second-order valence-corrected chi connectivity index (χ2v) is 11.8. The van der Waals surface area contributed by atoms with Gasteiger partial charge in [-0.15, -0.1) is 0 Å². The lowest BCUT2D eigenvalue weighted by atomic mass is 10.0. The SMILES string of the molecule is CCCCCCCCCCCCCCC(Br)C(=O)N[C@@H](Cc1ccccc1)C(=O)Nc1ccc([N+](=O)[O-])cc1Cl. The maximum atomic E-state index is 13.2. The molecule has 0 saturated carbocycles. The van der Waals surface area contributed by atoms with E-state index < -0.39 is 21.7 Å². The minimum absolute atomic E-state index is 0.0534. The minimum Gasteiger partial charge on any atom is -0.343 e. The zero-order valence-electron chi connectivity index (χ0n) is 23.5. The Labute approximate surface area is 252 Å².